The predicted molar refractivity (Wildman–Crippen MR) is 73.5 cm³/mol. The number of piperazine rings is 1. The van der Waals surface area contributed by atoms with Crippen LogP contribution in [-0.2, 0) is 0 Å². The third-order valence-corrected chi connectivity index (χ3v) is 3.43. The van der Waals surface area contributed by atoms with Gasteiger partial charge in [0, 0.05) is 26.2 Å². The van der Waals surface area contributed by atoms with Gasteiger partial charge >= 0.3 is 0 Å². The molecule has 7 heteroatoms. The molecule has 2 aromatic heterocycles. The van der Waals surface area contributed by atoms with Crippen molar-refractivity contribution in [2.24, 2.45) is 0 Å². The van der Waals surface area contributed by atoms with Crippen molar-refractivity contribution in [1.29, 1.82) is 0 Å². The first-order valence-corrected chi connectivity index (χ1v) is 6.44. The zero-order valence-corrected chi connectivity index (χ0v) is 11.0. The van der Waals surface area contributed by atoms with E-state index in [0.717, 1.165) is 37.7 Å². The number of halogens is 1. The highest BCUT2D eigenvalue weighted by Crippen LogP contribution is 2.23. The van der Waals surface area contributed by atoms with Crippen LogP contribution in [0.4, 0.5) is 11.5 Å². The Morgan fingerprint density at radius 1 is 1.00 bits per heavy atom. The van der Waals surface area contributed by atoms with Gasteiger partial charge in [-0.15, -0.1) is 0 Å². The molecule has 1 saturated heterocycles. The van der Waals surface area contributed by atoms with Crippen LogP contribution in [0.25, 0.3) is 0 Å². The van der Waals surface area contributed by atoms with Gasteiger partial charge in [-0.05, 0) is 6.07 Å². The summed E-state index contributed by atoms with van der Waals surface area (Å²) in [6.07, 6.45) is 6.65. The van der Waals surface area contributed by atoms with Crippen LogP contribution in [0, 0.1) is 0 Å². The Hall–Kier alpha value is -1.95. The molecule has 1 fully saturated rings. The van der Waals surface area contributed by atoms with Gasteiger partial charge in [-0.2, -0.15) is 10.2 Å². The molecule has 0 aliphatic carbocycles. The van der Waals surface area contributed by atoms with Crippen LogP contribution in [0.2, 0.25) is 5.02 Å². The Bertz CT molecular complexity index is 541. The van der Waals surface area contributed by atoms with E-state index in [1.807, 2.05) is 6.07 Å². The second-order valence-corrected chi connectivity index (χ2v) is 4.68. The monoisotopic (exact) mass is 276 g/mol. The van der Waals surface area contributed by atoms with Crippen LogP contribution in [-0.4, -0.2) is 46.3 Å². The van der Waals surface area contributed by atoms with Crippen LogP contribution in [0.3, 0.4) is 0 Å². The summed E-state index contributed by atoms with van der Waals surface area (Å²) in [6, 6.07) is 1.97. The van der Waals surface area contributed by atoms with Gasteiger partial charge in [-0.1, -0.05) is 11.6 Å². The van der Waals surface area contributed by atoms with E-state index >= 15 is 0 Å². The molecule has 0 unspecified atom stereocenters. The fourth-order valence-electron chi connectivity index (χ4n) is 2.19. The van der Waals surface area contributed by atoms with Crippen molar-refractivity contribution in [3.63, 3.8) is 0 Å². The first-order valence-electron chi connectivity index (χ1n) is 6.07. The summed E-state index contributed by atoms with van der Waals surface area (Å²) in [7, 11) is 0. The minimum atomic E-state index is 0.599. The number of aromatic nitrogens is 4. The van der Waals surface area contributed by atoms with Crippen molar-refractivity contribution in [3.05, 3.63) is 36.0 Å². The maximum atomic E-state index is 6.11. The van der Waals surface area contributed by atoms with E-state index in [0.29, 0.717) is 5.02 Å². The van der Waals surface area contributed by atoms with Crippen molar-refractivity contribution < 1.29 is 0 Å². The van der Waals surface area contributed by atoms with E-state index in [9.17, 15) is 0 Å². The van der Waals surface area contributed by atoms with Crippen LogP contribution in [0.15, 0.2) is 31.0 Å². The largest absolute Gasteiger partial charge is 0.367 e. The van der Waals surface area contributed by atoms with E-state index in [-0.39, 0.29) is 0 Å². The lowest BCUT2D eigenvalue weighted by Crippen LogP contribution is -2.47. The summed E-state index contributed by atoms with van der Waals surface area (Å²) in [5.41, 5.74) is 1.10. The van der Waals surface area contributed by atoms with Crippen molar-refractivity contribution in [3.8, 4) is 0 Å². The Kier molecular flexibility index (Phi) is 3.41. The molecule has 6 nitrogen and oxygen atoms in total. The number of anilines is 2. The van der Waals surface area contributed by atoms with Gasteiger partial charge in [0.25, 0.3) is 0 Å². The Balaban J connectivity index is 1.69. The molecule has 98 valence electrons. The SMILES string of the molecule is Clc1cncnc1N1CCN(c2ccnnc2)CC1. The van der Waals surface area contributed by atoms with Gasteiger partial charge in [0.05, 0.1) is 24.3 Å². The van der Waals surface area contributed by atoms with Crippen LogP contribution < -0.4 is 9.80 Å². The van der Waals surface area contributed by atoms with Crippen LogP contribution in [0.5, 0.6) is 0 Å². The first-order chi connectivity index (χ1) is 9.34. The summed E-state index contributed by atoms with van der Waals surface area (Å²) in [4.78, 5) is 12.6. The topological polar surface area (TPSA) is 58.0 Å². The summed E-state index contributed by atoms with van der Waals surface area (Å²) < 4.78 is 0. The molecular formula is C12H13ClN6. The number of hydrogen-bond acceptors (Lipinski definition) is 6. The van der Waals surface area contributed by atoms with Crippen LogP contribution in [0.1, 0.15) is 0 Å². The molecule has 1 aliphatic rings. The molecule has 2 aromatic rings. The standard InChI is InChI=1S/C12H13ClN6/c13-11-8-14-9-15-12(11)19-5-3-18(4-6-19)10-1-2-16-17-7-10/h1-2,7-9H,3-6H2. The van der Waals surface area contributed by atoms with Crippen molar-refractivity contribution in [2.75, 3.05) is 36.0 Å². The van der Waals surface area contributed by atoms with E-state index < -0.39 is 0 Å². The predicted octanol–water partition coefficient (Wildman–Crippen LogP) is 1.25. The lowest BCUT2D eigenvalue weighted by atomic mass is 10.3. The minimum Gasteiger partial charge on any atom is -0.367 e. The highest BCUT2D eigenvalue weighted by Gasteiger charge is 2.20. The third-order valence-electron chi connectivity index (χ3n) is 3.16. The number of nitrogens with zero attached hydrogens (tertiary/aromatic N) is 6. The molecule has 3 heterocycles. The molecule has 1 aliphatic heterocycles. The number of hydrogen-bond donors (Lipinski definition) is 0. The van der Waals surface area contributed by atoms with E-state index in [2.05, 4.69) is 30.0 Å². The first kappa shape index (κ1) is 12.1. The maximum absolute atomic E-state index is 6.11. The summed E-state index contributed by atoms with van der Waals surface area (Å²) in [6.45, 7) is 3.57. The molecular weight excluding hydrogens is 264 g/mol. The second-order valence-electron chi connectivity index (χ2n) is 4.27. The quantitative estimate of drug-likeness (QED) is 0.823. The average Bonchev–Trinajstić information content (AvgIpc) is 2.49. The average molecular weight is 277 g/mol. The van der Waals surface area contributed by atoms with E-state index in [1.54, 1.807) is 18.6 Å². The molecule has 19 heavy (non-hydrogen) atoms. The molecule has 0 radical (unpaired) electrons. The van der Waals surface area contributed by atoms with Crippen LogP contribution >= 0.6 is 11.6 Å². The summed E-state index contributed by atoms with van der Waals surface area (Å²) in [5.74, 6) is 0.809. The van der Waals surface area contributed by atoms with Crippen molar-refractivity contribution in [2.45, 2.75) is 0 Å². The second kappa shape index (κ2) is 5.36. The van der Waals surface area contributed by atoms with Crippen molar-refractivity contribution in [1.82, 2.24) is 20.2 Å². The van der Waals surface area contributed by atoms with Gasteiger partial charge in [0.2, 0.25) is 0 Å². The molecule has 0 atom stereocenters. The molecule has 0 aromatic carbocycles. The molecule has 0 bridgehead atoms. The fourth-order valence-corrected chi connectivity index (χ4v) is 2.41. The highest BCUT2D eigenvalue weighted by molar-refractivity contribution is 6.32. The van der Waals surface area contributed by atoms with Gasteiger partial charge in [0.15, 0.2) is 5.82 Å². The molecule has 0 amide bonds. The molecule has 0 spiro atoms. The smallest absolute Gasteiger partial charge is 0.150 e. The normalized spacial score (nSPS) is 15.6. The molecule has 0 N–H and O–H groups in total. The summed E-state index contributed by atoms with van der Waals surface area (Å²) >= 11 is 6.11. The maximum Gasteiger partial charge on any atom is 0.150 e. The number of rotatable bonds is 2. The minimum absolute atomic E-state index is 0.599. The van der Waals surface area contributed by atoms with Gasteiger partial charge in [-0.3, -0.25) is 0 Å². The highest BCUT2D eigenvalue weighted by atomic mass is 35.5. The molecule has 0 saturated carbocycles. The van der Waals surface area contributed by atoms with E-state index in [4.69, 9.17) is 11.6 Å². The zero-order valence-electron chi connectivity index (χ0n) is 10.3. The fraction of sp³-hybridized carbons (Fsp3) is 0.333. The summed E-state index contributed by atoms with van der Waals surface area (Å²) in [5, 5.41) is 8.30. The lowest BCUT2D eigenvalue weighted by Gasteiger charge is -2.36. The Morgan fingerprint density at radius 3 is 2.47 bits per heavy atom. The van der Waals surface area contributed by atoms with E-state index in [1.165, 1.54) is 6.33 Å². The van der Waals surface area contributed by atoms with Crippen molar-refractivity contribution >= 4 is 23.1 Å². The zero-order chi connectivity index (χ0) is 13.1. The van der Waals surface area contributed by atoms with Gasteiger partial charge < -0.3 is 9.80 Å². The molecule has 3 rings (SSSR count). The Labute approximate surface area is 116 Å². The third kappa shape index (κ3) is 2.58. The van der Waals surface area contributed by atoms with Gasteiger partial charge in [-0.25, -0.2) is 9.97 Å². The lowest BCUT2D eigenvalue weighted by molar-refractivity contribution is 0.645. The van der Waals surface area contributed by atoms with Gasteiger partial charge in [0.1, 0.15) is 11.3 Å². The Morgan fingerprint density at radius 2 is 1.79 bits per heavy atom.